The van der Waals surface area contributed by atoms with Crippen molar-refractivity contribution in [1.29, 1.82) is 0 Å². The van der Waals surface area contributed by atoms with Gasteiger partial charge in [0, 0.05) is 12.3 Å². The van der Waals surface area contributed by atoms with Crippen molar-refractivity contribution in [2.24, 2.45) is 0 Å². The number of benzene rings is 2. The Kier molecular flexibility index (Phi) is 4.54. The number of aromatic nitrogens is 4. The Balaban J connectivity index is 1.71. The van der Waals surface area contributed by atoms with Crippen LogP contribution in [0.2, 0.25) is 0 Å². The molecule has 0 unspecified atom stereocenters. The largest absolute Gasteiger partial charge is 0.508 e. The molecule has 6 nitrogen and oxygen atoms in total. The van der Waals surface area contributed by atoms with Crippen molar-refractivity contribution < 1.29 is 14.3 Å². The number of fused-ring (bicyclic) bond motifs is 3. The van der Waals surface area contributed by atoms with Crippen LogP contribution in [0.5, 0.6) is 5.75 Å². The zero-order valence-electron chi connectivity index (χ0n) is 17.2. The fraction of sp³-hybridized carbons (Fsp3) is 0.250. The minimum Gasteiger partial charge on any atom is -0.508 e. The van der Waals surface area contributed by atoms with Crippen LogP contribution in [-0.4, -0.2) is 30.7 Å². The lowest BCUT2D eigenvalue weighted by atomic mass is 9.83. The SMILES string of the molecule is CC(C)c1nn2c3c(nnc2c1-c1ccc(F)cc1)C(=O)C[C@H](c1ccccc1O)C3. The highest BCUT2D eigenvalue weighted by atomic mass is 19.1. The van der Waals surface area contributed by atoms with Gasteiger partial charge in [-0.1, -0.05) is 44.2 Å². The molecule has 156 valence electrons. The zero-order valence-corrected chi connectivity index (χ0v) is 17.2. The molecule has 5 rings (SSSR count). The molecule has 31 heavy (non-hydrogen) atoms. The third-order valence-electron chi connectivity index (χ3n) is 5.85. The predicted octanol–water partition coefficient (Wildman–Crippen LogP) is 4.67. The number of hydrogen-bond donors (Lipinski definition) is 1. The van der Waals surface area contributed by atoms with Crippen molar-refractivity contribution in [3.8, 4) is 16.9 Å². The molecule has 0 radical (unpaired) electrons. The Labute approximate surface area is 178 Å². The molecule has 4 aromatic rings. The molecule has 1 N–H and O–H groups in total. The molecule has 7 heteroatoms. The maximum absolute atomic E-state index is 13.5. The summed E-state index contributed by atoms with van der Waals surface area (Å²) in [4.78, 5) is 12.9. The maximum atomic E-state index is 13.5. The number of phenols is 1. The highest BCUT2D eigenvalue weighted by Gasteiger charge is 2.33. The normalized spacial score (nSPS) is 16.1. The fourth-order valence-corrected chi connectivity index (χ4v) is 4.34. The molecule has 0 aliphatic heterocycles. The molecule has 1 aliphatic rings. The number of halogens is 1. The quantitative estimate of drug-likeness (QED) is 0.525. The Bertz CT molecular complexity index is 1310. The van der Waals surface area contributed by atoms with Crippen molar-refractivity contribution in [2.45, 2.75) is 38.5 Å². The molecule has 0 spiro atoms. The lowest BCUT2D eigenvalue weighted by Gasteiger charge is -2.23. The number of ketones is 1. The third kappa shape index (κ3) is 3.17. The Morgan fingerprint density at radius 2 is 1.81 bits per heavy atom. The van der Waals surface area contributed by atoms with Crippen molar-refractivity contribution in [3.63, 3.8) is 0 Å². The molecule has 0 saturated carbocycles. The average Bonchev–Trinajstić information content (AvgIpc) is 3.15. The molecule has 0 fully saturated rings. The molecule has 1 aliphatic carbocycles. The molecule has 2 heterocycles. The van der Waals surface area contributed by atoms with E-state index in [-0.39, 0.29) is 35.6 Å². The number of hydrogen-bond acceptors (Lipinski definition) is 5. The number of phenolic OH excluding ortho intramolecular Hbond substituents is 1. The van der Waals surface area contributed by atoms with Crippen molar-refractivity contribution in [3.05, 3.63) is 77.0 Å². The van der Waals surface area contributed by atoms with Crippen LogP contribution in [0.3, 0.4) is 0 Å². The molecular weight excluding hydrogens is 395 g/mol. The summed E-state index contributed by atoms with van der Waals surface area (Å²) in [6.07, 6.45) is 0.765. The summed E-state index contributed by atoms with van der Waals surface area (Å²) in [6.45, 7) is 4.06. The molecule has 0 bridgehead atoms. The van der Waals surface area contributed by atoms with Crippen LogP contribution in [0.1, 0.15) is 59.5 Å². The van der Waals surface area contributed by atoms with Gasteiger partial charge in [0.1, 0.15) is 11.6 Å². The van der Waals surface area contributed by atoms with Crippen molar-refractivity contribution in [2.75, 3.05) is 0 Å². The zero-order chi connectivity index (χ0) is 21.7. The number of carbonyl (C=O) groups is 1. The fourth-order valence-electron chi connectivity index (χ4n) is 4.34. The third-order valence-corrected chi connectivity index (χ3v) is 5.85. The second kappa shape index (κ2) is 7.27. The minimum absolute atomic E-state index is 0.0886. The van der Waals surface area contributed by atoms with E-state index in [1.54, 1.807) is 28.8 Å². The Morgan fingerprint density at radius 3 is 2.52 bits per heavy atom. The summed E-state index contributed by atoms with van der Waals surface area (Å²) >= 11 is 0. The molecular formula is C24H21FN4O2. The smallest absolute Gasteiger partial charge is 0.185 e. The number of rotatable bonds is 3. The van der Waals surface area contributed by atoms with E-state index in [1.807, 2.05) is 26.0 Å². The van der Waals surface area contributed by atoms with Gasteiger partial charge in [-0.15, -0.1) is 10.2 Å². The first kappa shape index (κ1) is 19.4. The van der Waals surface area contributed by atoms with Crippen molar-refractivity contribution in [1.82, 2.24) is 19.8 Å². The molecule has 0 amide bonds. The van der Waals surface area contributed by atoms with E-state index in [4.69, 9.17) is 5.10 Å². The first-order valence-corrected chi connectivity index (χ1v) is 10.3. The summed E-state index contributed by atoms with van der Waals surface area (Å²) in [6, 6.07) is 13.3. The van der Waals surface area contributed by atoms with Crippen LogP contribution < -0.4 is 0 Å². The van der Waals surface area contributed by atoms with E-state index < -0.39 is 0 Å². The molecule has 2 aromatic heterocycles. The van der Waals surface area contributed by atoms with Gasteiger partial charge in [0.2, 0.25) is 0 Å². The summed E-state index contributed by atoms with van der Waals surface area (Å²) in [5.41, 5.74) is 4.69. The molecule has 0 saturated heterocycles. The lowest BCUT2D eigenvalue weighted by Crippen LogP contribution is -2.24. The van der Waals surface area contributed by atoms with Crippen LogP contribution >= 0.6 is 0 Å². The number of nitrogens with zero attached hydrogens (tertiary/aromatic N) is 4. The van der Waals surface area contributed by atoms with E-state index in [9.17, 15) is 14.3 Å². The second-order valence-corrected chi connectivity index (χ2v) is 8.24. The van der Waals surface area contributed by atoms with Crippen LogP contribution in [-0.2, 0) is 6.42 Å². The lowest BCUT2D eigenvalue weighted by molar-refractivity contribution is 0.0955. The van der Waals surface area contributed by atoms with Crippen LogP contribution in [0.4, 0.5) is 4.39 Å². The number of carbonyl (C=O) groups excluding carboxylic acids is 1. The summed E-state index contributed by atoms with van der Waals surface area (Å²) in [5, 5.41) is 23.7. The van der Waals surface area contributed by atoms with Gasteiger partial charge >= 0.3 is 0 Å². The first-order valence-electron chi connectivity index (χ1n) is 10.3. The van der Waals surface area contributed by atoms with E-state index in [0.29, 0.717) is 23.5 Å². The van der Waals surface area contributed by atoms with Crippen molar-refractivity contribution >= 4 is 11.4 Å². The minimum atomic E-state index is -0.314. The number of para-hydroxylation sites is 1. The van der Waals surface area contributed by atoms with Gasteiger partial charge < -0.3 is 5.11 Å². The Hall–Kier alpha value is -3.61. The van der Waals surface area contributed by atoms with Gasteiger partial charge in [-0.25, -0.2) is 8.91 Å². The summed E-state index contributed by atoms with van der Waals surface area (Å²) < 4.78 is 15.2. The van der Waals surface area contributed by atoms with Gasteiger partial charge in [-0.2, -0.15) is 5.10 Å². The standard InChI is InChI=1S/C24H21FN4O2/c1-13(2)22-21(14-7-9-16(25)10-8-14)24-27-26-23-18(29(24)28-22)11-15(12-20(23)31)17-5-3-4-6-19(17)30/h3-10,13,15,30H,11-12H2,1-2H3/t15-/m1/s1. The van der Waals surface area contributed by atoms with Crippen LogP contribution in [0.15, 0.2) is 48.5 Å². The van der Waals surface area contributed by atoms with Gasteiger partial charge in [0.15, 0.2) is 17.1 Å². The monoisotopic (exact) mass is 416 g/mol. The second-order valence-electron chi connectivity index (χ2n) is 8.24. The first-order chi connectivity index (χ1) is 14.9. The van der Waals surface area contributed by atoms with Gasteiger partial charge in [0.05, 0.1) is 17.0 Å². The van der Waals surface area contributed by atoms with Gasteiger partial charge in [-0.3, -0.25) is 4.79 Å². The Morgan fingerprint density at radius 1 is 1.06 bits per heavy atom. The predicted molar refractivity (Wildman–Crippen MR) is 114 cm³/mol. The number of aromatic hydroxyl groups is 1. The van der Waals surface area contributed by atoms with Gasteiger partial charge in [-0.05, 0) is 41.7 Å². The van der Waals surface area contributed by atoms with Crippen LogP contribution in [0.25, 0.3) is 16.8 Å². The average molecular weight is 416 g/mol. The molecule has 2 aromatic carbocycles. The highest BCUT2D eigenvalue weighted by Crippen LogP contribution is 2.38. The summed E-state index contributed by atoms with van der Waals surface area (Å²) in [7, 11) is 0. The molecule has 1 atom stereocenters. The van der Waals surface area contributed by atoms with E-state index in [1.165, 1.54) is 12.1 Å². The van der Waals surface area contributed by atoms with Gasteiger partial charge in [0.25, 0.3) is 0 Å². The highest BCUT2D eigenvalue weighted by molar-refractivity contribution is 5.97. The number of Topliss-reactive ketones (excluding diaryl/α,β-unsaturated/α-hetero) is 1. The van der Waals surface area contributed by atoms with E-state index >= 15 is 0 Å². The summed E-state index contributed by atoms with van der Waals surface area (Å²) in [5.74, 6) is -0.336. The van der Waals surface area contributed by atoms with E-state index in [0.717, 1.165) is 22.4 Å². The topological polar surface area (TPSA) is 80.4 Å². The maximum Gasteiger partial charge on any atom is 0.185 e. The van der Waals surface area contributed by atoms with E-state index in [2.05, 4.69) is 10.2 Å². The van der Waals surface area contributed by atoms with Crippen LogP contribution in [0, 0.1) is 5.82 Å².